The maximum atomic E-state index is 12.7. The standard InChI is InChI=1S/C19H23N3O4/c1-19(2,3)26-18(24)22-9-12(8-20)15(10-22)21-17(23)14-11-25-16-7-5-4-6-13(14)16/h4-7,12,14-15H,9-11H2,1-3H3,(H,21,23)/t12-,14-,15-/m0/s1. The van der Waals surface area contributed by atoms with Crippen molar-refractivity contribution in [2.24, 2.45) is 5.92 Å². The molecule has 0 bridgehead atoms. The summed E-state index contributed by atoms with van der Waals surface area (Å²) in [5, 5.41) is 12.3. The Balaban J connectivity index is 1.65. The van der Waals surface area contributed by atoms with Gasteiger partial charge in [-0.05, 0) is 26.8 Å². The summed E-state index contributed by atoms with van der Waals surface area (Å²) in [4.78, 5) is 26.4. The fraction of sp³-hybridized carbons (Fsp3) is 0.526. The van der Waals surface area contributed by atoms with Gasteiger partial charge in [-0.25, -0.2) is 4.79 Å². The van der Waals surface area contributed by atoms with E-state index in [0.29, 0.717) is 5.75 Å². The zero-order valence-electron chi connectivity index (χ0n) is 15.2. The second-order valence-electron chi connectivity index (χ2n) is 7.64. The normalized spacial score (nSPS) is 24.4. The van der Waals surface area contributed by atoms with Crippen LogP contribution in [0.1, 0.15) is 32.3 Å². The van der Waals surface area contributed by atoms with Crippen LogP contribution in [0.25, 0.3) is 0 Å². The van der Waals surface area contributed by atoms with E-state index < -0.39 is 29.6 Å². The Kier molecular flexibility index (Phi) is 4.77. The van der Waals surface area contributed by atoms with Crippen molar-refractivity contribution in [2.45, 2.75) is 38.3 Å². The van der Waals surface area contributed by atoms with Crippen LogP contribution in [0.3, 0.4) is 0 Å². The highest BCUT2D eigenvalue weighted by Gasteiger charge is 2.40. The second-order valence-corrected chi connectivity index (χ2v) is 7.64. The lowest BCUT2D eigenvalue weighted by Crippen LogP contribution is -2.43. The summed E-state index contributed by atoms with van der Waals surface area (Å²) in [6, 6.07) is 9.19. The number of amides is 2. The molecule has 0 spiro atoms. The van der Waals surface area contributed by atoms with E-state index in [2.05, 4.69) is 11.4 Å². The highest BCUT2D eigenvalue weighted by molar-refractivity contribution is 5.86. The van der Waals surface area contributed by atoms with Gasteiger partial charge < -0.3 is 19.7 Å². The quantitative estimate of drug-likeness (QED) is 0.874. The number of fused-ring (bicyclic) bond motifs is 1. The molecule has 1 N–H and O–H groups in total. The molecule has 1 aromatic carbocycles. The number of nitriles is 1. The summed E-state index contributed by atoms with van der Waals surface area (Å²) in [7, 11) is 0. The largest absolute Gasteiger partial charge is 0.492 e. The lowest BCUT2D eigenvalue weighted by molar-refractivity contribution is -0.123. The number of nitrogens with zero attached hydrogens (tertiary/aromatic N) is 2. The number of nitrogens with one attached hydrogen (secondary N) is 1. The lowest BCUT2D eigenvalue weighted by atomic mass is 9.99. The molecule has 0 saturated carbocycles. The van der Waals surface area contributed by atoms with E-state index in [1.165, 1.54) is 4.90 Å². The molecular formula is C19H23N3O4. The van der Waals surface area contributed by atoms with E-state index >= 15 is 0 Å². The number of ether oxygens (including phenoxy) is 2. The highest BCUT2D eigenvalue weighted by atomic mass is 16.6. The Morgan fingerprint density at radius 2 is 2.04 bits per heavy atom. The van der Waals surface area contributed by atoms with Gasteiger partial charge in [-0.3, -0.25) is 4.79 Å². The van der Waals surface area contributed by atoms with Crippen molar-refractivity contribution < 1.29 is 19.1 Å². The average molecular weight is 357 g/mol. The van der Waals surface area contributed by atoms with E-state index in [9.17, 15) is 14.9 Å². The number of hydrogen-bond acceptors (Lipinski definition) is 5. The van der Waals surface area contributed by atoms with Crippen molar-refractivity contribution in [3.63, 3.8) is 0 Å². The first-order chi connectivity index (χ1) is 12.3. The van der Waals surface area contributed by atoms with Crippen LogP contribution in [0.15, 0.2) is 24.3 Å². The Hall–Kier alpha value is -2.75. The van der Waals surface area contributed by atoms with E-state index in [1.807, 2.05) is 24.3 Å². The minimum atomic E-state index is -0.606. The zero-order chi connectivity index (χ0) is 18.9. The smallest absolute Gasteiger partial charge is 0.410 e. The second kappa shape index (κ2) is 6.87. The monoisotopic (exact) mass is 357 g/mol. The predicted octanol–water partition coefficient (Wildman–Crippen LogP) is 2.04. The van der Waals surface area contributed by atoms with Crippen LogP contribution in [0, 0.1) is 17.2 Å². The topological polar surface area (TPSA) is 91.7 Å². The first kappa shape index (κ1) is 18.1. The molecule has 1 aromatic rings. The fourth-order valence-corrected chi connectivity index (χ4v) is 3.22. The van der Waals surface area contributed by atoms with Crippen LogP contribution in [0.4, 0.5) is 4.79 Å². The number of hydrogen-bond donors (Lipinski definition) is 1. The molecule has 0 aromatic heterocycles. The van der Waals surface area contributed by atoms with Gasteiger partial charge in [-0.15, -0.1) is 0 Å². The first-order valence-corrected chi connectivity index (χ1v) is 8.68. The van der Waals surface area contributed by atoms with Crippen LogP contribution in [-0.2, 0) is 9.53 Å². The van der Waals surface area contributed by atoms with Crippen LogP contribution >= 0.6 is 0 Å². The SMILES string of the molecule is CC(C)(C)OC(=O)N1C[C@H](NC(=O)[C@H]2COc3ccccc32)[C@@H](C#N)C1. The van der Waals surface area contributed by atoms with Gasteiger partial charge in [-0.1, -0.05) is 18.2 Å². The van der Waals surface area contributed by atoms with E-state index in [1.54, 1.807) is 20.8 Å². The first-order valence-electron chi connectivity index (χ1n) is 8.68. The Morgan fingerprint density at radius 1 is 1.31 bits per heavy atom. The molecule has 1 saturated heterocycles. The highest BCUT2D eigenvalue weighted by Crippen LogP contribution is 2.34. The van der Waals surface area contributed by atoms with Gasteiger partial charge in [0.25, 0.3) is 0 Å². The summed E-state index contributed by atoms with van der Waals surface area (Å²) < 4.78 is 10.9. The van der Waals surface area contributed by atoms with Gasteiger partial charge in [0.15, 0.2) is 0 Å². The van der Waals surface area contributed by atoms with Gasteiger partial charge in [0.2, 0.25) is 5.91 Å². The predicted molar refractivity (Wildman–Crippen MR) is 93.5 cm³/mol. The van der Waals surface area contributed by atoms with Gasteiger partial charge >= 0.3 is 6.09 Å². The molecule has 7 nitrogen and oxygen atoms in total. The zero-order valence-corrected chi connectivity index (χ0v) is 15.2. The van der Waals surface area contributed by atoms with Crippen molar-refractivity contribution in [3.8, 4) is 11.8 Å². The number of likely N-dealkylation sites (tertiary alicyclic amines) is 1. The Bertz CT molecular complexity index is 750. The number of para-hydroxylation sites is 1. The van der Waals surface area contributed by atoms with E-state index in [4.69, 9.17) is 9.47 Å². The van der Waals surface area contributed by atoms with Crippen molar-refractivity contribution in [1.82, 2.24) is 10.2 Å². The number of benzene rings is 1. The minimum absolute atomic E-state index is 0.189. The number of carbonyl (C=O) groups excluding carboxylic acids is 2. The maximum absolute atomic E-state index is 12.7. The van der Waals surface area contributed by atoms with Crippen molar-refractivity contribution in [2.75, 3.05) is 19.7 Å². The summed E-state index contributed by atoms with van der Waals surface area (Å²) >= 11 is 0. The van der Waals surface area contributed by atoms with Crippen molar-refractivity contribution in [3.05, 3.63) is 29.8 Å². The molecule has 26 heavy (non-hydrogen) atoms. The molecule has 3 rings (SSSR count). The fourth-order valence-electron chi connectivity index (χ4n) is 3.22. The third-order valence-electron chi connectivity index (χ3n) is 4.48. The molecule has 0 radical (unpaired) electrons. The van der Waals surface area contributed by atoms with Crippen molar-refractivity contribution >= 4 is 12.0 Å². The summed E-state index contributed by atoms with van der Waals surface area (Å²) in [5.41, 5.74) is 0.242. The third-order valence-corrected chi connectivity index (χ3v) is 4.48. The van der Waals surface area contributed by atoms with Crippen LogP contribution in [-0.4, -0.2) is 48.2 Å². The van der Waals surface area contributed by atoms with Crippen LogP contribution in [0.5, 0.6) is 5.75 Å². The molecule has 2 amide bonds. The number of carbonyl (C=O) groups is 2. The summed E-state index contributed by atoms with van der Waals surface area (Å²) in [6.45, 7) is 6.16. The van der Waals surface area contributed by atoms with Gasteiger partial charge in [-0.2, -0.15) is 5.26 Å². The molecule has 2 heterocycles. The molecule has 0 unspecified atom stereocenters. The molecule has 3 atom stereocenters. The van der Waals surface area contributed by atoms with E-state index in [-0.39, 0.29) is 25.6 Å². The maximum Gasteiger partial charge on any atom is 0.410 e. The Morgan fingerprint density at radius 3 is 2.73 bits per heavy atom. The Labute approximate surface area is 152 Å². The molecule has 2 aliphatic rings. The lowest BCUT2D eigenvalue weighted by Gasteiger charge is -2.24. The molecule has 2 aliphatic heterocycles. The minimum Gasteiger partial charge on any atom is -0.492 e. The summed E-state index contributed by atoms with van der Waals surface area (Å²) in [5.74, 6) is -0.345. The number of rotatable bonds is 2. The molecule has 7 heteroatoms. The van der Waals surface area contributed by atoms with Gasteiger partial charge in [0.05, 0.1) is 18.0 Å². The van der Waals surface area contributed by atoms with Gasteiger partial charge in [0.1, 0.15) is 23.9 Å². The van der Waals surface area contributed by atoms with Gasteiger partial charge in [0, 0.05) is 18.7 Å². The van der Waals surface area contributed by atoms with Crippen LogP contribution < -0.4 is 10.1 Å². The van der Waals surface area contributed by atoms with Crippen LogP contribution in [0.2, 0.25) is 0 Å². The van der Waals surface area contributed by atoms with E-state index in [0.717, 1.165) is 5.56 Å². The molecule has 1 fully saturated rings. The third kappa shape index (κ3) is 3.74. The molecule has 138 valence electrons. The molecule has 0 aliphatic carbocycles. The summed E-state index contributed by atoms with van der Waals surface area (Å²) in [6.07, 6.45) is -0.468. The average Bonchev–Trinajstić information content (AvgIpc) is 3.17. The van der Waals surface area contributed by atoms with Crippen molar-refractivity contribution in [1.29, 1.82) is 5.26 Å². The molecular weight excluding hydrogens is 334 g/mol.